The molecule has 7 heteroatoms. The molecule has 0 unspecified atom stereocenters. The van der Waals surface area contributed by atoms with Crippen molar-refractivity contribution in [3.05, 3.63) is 27.1 Å². The first-order valence-corrected chi connectivity index (χ1v) is 8.63. The number of hydrogen-bond acceptors (Lipinski definition) is 3. The van der Waals surface area contributed by atoms with E-state index in [9.17, 15) is 8.42 Å². The van der Waals surface area contributed by atoms with Crippen molar-refractivity contribution < 1.29 is 8.42 Å². The highest BCUT2D eigenvalue weighted by atomic mass is 79.9. The highest BCUT2D eigenvalue weighted by molar-refractivity contribution is 9.11. The van der Waals surface area contributed by atoms with Crippen LogP contribution in [-0.2, 0) is 10.0 Å². The summed E-state index contributed by atoms with van der Waals surface area (Å²) >= 11 is 6.54. The molecule has 0 spiro atoms. The molecule has 0 atom stereocenters. The Kier molecular flexibility index (Phi) is 4.18. The Morgan fingerprint density at radius 3 is 2.50 bits per heavy atom. The maximum absolute atomic E-state index is 12.1. The summed E-state index contributed by atoms with van der Waals surface area (Å²) < 4.78 is 28.2. The molecule has 1 fully saturated rings. The summed E-state index contributed by atoms with van der Waals surface area (Å²) in [7, 11) is -3.51. The predicted octanol–water partition coefficient (Wildman–Crippen LogP) is 2.37. The lowest BCUT2D eigenvalue weighted by atomic mass is 9.78. The Bertz CT molecular complexity index is 556. The third-order valence-electron chi connectivity index (χ3n) is 3.15. The van der Waals surface area contributed by atoms with Crippen molar-refractivity contribution in [1.82, 2.24) is 4.72 Å². The van der Waals surface area contributed by atoms with Gasteiger partial charge in [0.2, 0.25) is 10.0 Å². The minimum atomic E-state index is -3.51. The Morgan fingerprint density at radius 1 is 1.33 bits per heavy atom. The van der Waals surface area contributed by atoms with Gasteiger partial charge >= 0.3 is 0 Å². The van der Waals surface area contributed by atoms with Crippen molar-refractivity contribution in [3.63, 3.8) is 0 Å². The summed E-state index contributed by atoms with van der Waals surface area (Å²) in [6, 6.07) is 4.96. The average Bonchev–Trinajstić information content (AvgIpc) is 2.23. The molecule has 18 heavy (non-hydrogen) atoms. The molecule has 1 aromatic carbocycles. The van der Waals surface area contributed by atoms with Gasteiger partial charge in [-0.2, -0.15) is 0 Å². The van der Waals surface area contributed by atoms with Crippen molar-refractivity contribution in [1.29, 1.82) is 0 Å². The molecule has 1 aliphatic rings. The number of hydrogen-bond donors (Lipinski definition) is 2. The first-order valence-electron chi connectivity index (χ1n) is 5.56. The Balaban J connectivity index is 2.15. The van der Waals surface area contributed by atoms with Gasteiger partial charge in [0.15, 0.2) is 0 Å². The van der Waals surface area contributed by atoms with Crippen LogP contribution < -0.4 is 10.5 Å². The Hall–Kier alpha value is 0.0500. The lowest BCUT2D eigenvalue weighted by Crippen LogP contribution is -2.54. The van der Waals surface area contributed by atoms with Gasteiger partial charge in [0.1, 0.15) is 0 Å². The molecular formula is C11H14Br2N2O2S. The summed E-state index contributed by atoms with van der Waals surface area (Å²) in [5.74, 6) is 0. The van der Waals surface area contributed by atoms with E-state index in [1.165, 1.54) is 0 Å². The van der Waals surface area contributed by atoms with Gasteiger partial charge in [0.25, 0.3) is 0 Å². The van der Waals surface area contributed by atoms with Crippen LogP contribution in [0.4, 0.5) is 0 Å². The van der Waals surface area contributed by atoms with Crippen LogP contribution in [0.1, 0.15) is 19.3 Å². The monoisotopic (exact) mass is 396 g/mol. The maximum Gasteiger partial charge on any atom is 0.241 e. The van der Waals surface area contributed by atoms with Crippen molar-refractivity contribution >= 4 is 41.9 Å². The molecule has 0 heterocycles. The SMILES string of the molecule is NC1(CNS(=O)(=O)c2ccc(Br)cc2Br)CCC1. The molecule has 0 bridgehead atoms. The number of nitrogens with two attached hydrogens (primary N) is 1. The van der Waals surface area contributed by atoms with E-state index in [1.54, 1.807) is 18.2 Å². The molecule has 3 N–H and O–H groups in total. The van der Waals surface area contributed by atoms with Crippen LogP contribution in [0.5, 0.6) is 0 Å². The third-order valence-corrected chi connectivity index (χ3v) is 6.02. The van der Waals surface area contributed by atoms with Crippen molar-refractivity contribution in [3.8, 4) is 0 Å². The van der Waals surface area contributed by atoms with E-state index in [4.69, 9.17) is 5.73 Å². The number of benzene rings is 1. The lowest BCUT2D eigenvalue weighted by Gasteiger charge is -2.38. The molecule has 2 rings (SSSR count). The quantitative estimate of drug-likeness (QED) is 0.819. The van der Waals surface area contributed by atoms with E-state index in [0.717, 1.165) is 23.7 Å². The van der Waals surface area contributed by atoms with Gasteiger partial charge in [0.05, 0.1) is 4.90 Å². The van der Waals surface area contributed by atoms with Crippen LogP contribution >= 0.6 is 31.9 Å². The zero-order chi connectivity index (χ0) is 13.4. The van der Waals surface area contributed by atoms with Crippen molar-refractivity contribution in [2.24, 2.45) is 5.73 Å². The van der Waals surface area contributed by atoms with E-state index in [2.05, 4.69) is 36.6 Å². The summed E-state index contributed by atoms with van der Waals surface area (Å²) in [4.78, 5) is 0.230. The Morgan fingerprint density at radius 2 is 2.00 bits per heavy atom. The number of rotatable bonds is 4. The normalized spacial score (nSPS) is 18.4. The van der Waals surface area contributed by atoms with E-state index >= 15 is 0 Å². The topological polar surface area (TPSA) is 72.2 Å². The molecule has 0 radical (unpaired) electrons. The highest BCUT2D eigenvalue weighted by Gasteiger charge is 2.34. The van der Waals surface area contributed by atoms with Crippen LogP contribution in [0.2, 0.25) is 0 Å². The van der Waals surface area contributed by atoms with E-state index < -0.39 is 10.0 Å². The standard InChI is InChI=1S/C11H14Br2N2O2S/c12-8-2-3-10(9(13)6-8)18(16,17)15-7-11(14)4-1-5-11/h2-3,6,15H,1,4-5,7,14H2. The highest BCUT2D eigenvalue weighted by Crippen LogP contribution is 2.29. The molecule has 100 valence electrons. The van der Waals surface area contributed by atoms with Gasteiger partial charge < -0.3 is 5.73 Å². The molecule has 0 aromatic heterocycles. The number of halogens is 2. The third kappa shape index (κ3) is 3.14. The molecule has 0 amide bonds. The van der Waals surface area contributed by atoms with E-state index in [1.807, 2.05) is 0 Å². The van der Waals surface area contributed by atoms with Gasteiger partial charge in [-0.3, -0.25) is 0 Å². The minimum Gasteiger partial charge on any atom is -0.324 e. The lowest BCUT2D eigenvalue weighted by molar-refractivity contribution is 0.251. The first-order chi connectivity index (χ1) is 8.32. The molecular weight excluding hydrogens is 384 g/mol. The molecule has 1 saturated carbocycles. The largest absolute Gasteiger partial charge is 0.324 e. The smallest absolute Gasteiger partial charge is 0.241 e. The van der Waals surface area contributed by atoms with Crippen LogP contribution in [0.25, 0.3) is 0 Å². The van der Waals surface area contributed by atoms with Gasteiger partial charge in [-0.1, -0.05) is 15.9 Å². The predicted molar refractivity (Wildman–Crippen MR) is 77.8 cm³/mol. The van der Waals surface area contributed by atoms with Gasteiger partial charge in [0, 0.05) is 21.0 Å². The van der Waals surface area contributed by atoms with Crippen molar-refractivity contribution in [2.75, 3.05) is 6.54 Å². The van der Waals surface area contributed by atoms with Crippen LogP contribution in [0.3, 0.4) is 0 Å². The fourth-order valence-electron chi connectivity index (χ4n) is 1.82. The van der Waals surface area contributed by atoms with Crippen LogP contribution in [0.15, 0.2) is 32.0 Å². The molecule has 0 aliphatic heterocycles. The second-order valence-electron chi connectivity index (χ2n) is 4.62. The fourth-order valence-corrected chi connectivity index (χ4v) is 4.70. The van der Waals surface area contributed by atoms with Gasteiger partial charge in [-0.25, -0.2) is 13.1 Å². The minimum absolute atomic E-state index is 0.230. The first kappa shape index (κ1) is 14.5. The zero-order valence-corrected chi connectivity index (χ0v) is 13.6. The zero-order valence-electron chi connectivity index (χ0n) is 9.62. The van der Waals surface area contributed by atoms with Crippen LogP contribution in [0, 0.1) is 0 Å². The molecule has 0 saturated heterocycles. The summed E-state index contributed by atoms with van der Waals surface area (Å²) in [5, 5.41) is 0. The second-order valence-corrected chi connectivity index (χ2v) is 8.12. The molecule has 1 aliphatic carbocycles. The second kappa shape index (κ2) is 5.20. The molecule has 4 nitrogen and oxygen atoms in total. The summed E-state index contributed by atoms with van der Waals surface area (Å²) in [6.07, 6.45) is 2.81. The van der Waals surface area contributed by atoms with Crippen molar-refractivity contribution in [2.45, 2.75) is 29.7 Å². The molecule has 1 aromatic rings. The number of sulfonamides is 1. The van der Waals surface area contributed by atoms with Crippen LogP contribution in [-0.4, -0.2) is 20.5 Å². The van der Waals surface area contributed by atoms with E-state index in [-0.39, 0.29) is 17.0 Å². The van der Waals surface area contributed by atoms with E-state index in [0.29, 0.717) is 4.47 Å². The summed E-state index contributed by atoms with van der Waals surface area (Å²) in [6.45, 7) is 0.290. The van der Waals surface area contributed by atoms with Gasteiger partial charge in [-0.05, 0) is 53.4 Å². The maximum atomic E-state index is 12.1. The summed E-state index contributed by atoms with van der Waals surface area (Å²) in [5.41, 5.74) is 5.64. The average molecular weight is 398 g/mol. The Labute approximate surface area is 124 Å². The number of nitrogens with one attached hydrogen (secondary N) is 1. The fraction of sp³-hybridized carbons (Fsp3) is 0.455. The van der Waals surface area contributed by atoms with Gasteiger partial charge in [-0.15, -0.1) is 0 Å².